The van der Waals surface area contributed by atoms with Crippen molar-refractivity contribution < 1.29 is 14.3 Å². The van der Waals surface area contributed by atoms with Gasteiger partial charge in [-0.1, -0.05) is 6.07 Å². The first-order chi connectivity index (χ1) is 12.0. The fourth-order valence-electron chi connectivity index (χ4n) is 2.22. The molecule has 0 fully saturated rings. The normalized spacial score (nSPS) is 10.2. The van der Waals surface area contributed by atoms with Crippen molar-refractivity contribution in [1.82, 2.24) is 5.32 Å². The lowest BCUT2D eigenvalue weighted by Crippen LogP contribution is -2.27. The topological polar surface area (TPSA) is 70.7 Å². The number of carbonyl (C=O) groups excluding carboxylic acids is 2. The first-order valence-electron chi connectivity index (χ1n) is 7.97. The minimum absolute atomic E-state index is 0.234. The van der Waals surface area contributed by atoms with Crippen LogP contribution in [0.25, 0.3) is 0 Å². The van der Waals surface area contributed by atoms with Crippen molar-refractivity contribution >= 4 is 23.2 Å². The summed E-state index contributed by atoms with van der Waals surface area (Å²) in [5, 5.41) is 5.57. The van der Waals surface area contributed by atoms with E-state index in [9.17, 15) is 9.59 Å². The van der Waals surface area contributed by atoms with Crippen LogP contribution in [-0.4, -0.2) is 46.2 Å². The molecule has 0 saturated heterocycles. The summed E-state index contributed by atoms with van der Waals surface area (Å²) < 4.78 is 4.90. The maximum atomic E-state index is 12.4. The van der Waals surface area contributed by atoms with Gasteiger partial charge in [-0.05, 0) is 42.5 Å². The lowest BCUT2D eigenvalue weighted by atomic mass is 10.1. The van der Waals surface area contributed by atoms with Gasteiger partial charge in [0, 0.05) is 50.3 Å². The van der Waals surface area contributed by atoms with Gasteiger partial charge in [0.2, 0.25) is 0 Å². The summed E-state index contributed by atoms with van der Waals surface area (Å²) in [4.78, 5) is 26.4. The molecule has 2 rings (SSSR count). The van der Waals surface area contributed by atoms with E-state index in [1.165, 1.54) is 0 Å². The van der Waals surface area contributed by atoms with Gasteiger partial charge in [-0.3, -0.25) is 9.59 Å². The Hall–Kier alpha value is -2.86. The summed E-state index contributed by atoms with van der Waals surface area (Å²) in [5.41, 5.74) is 2.61. The molecule has 6 nitrogen and oxygen atoms in total. The second-order valence-electron chi connectivity index (χ2n) is 5.72. The van der Waals surface area contributed by atoms with E-state index in [1.807, 2.05) is 43.3 Å². The SMILES string of the molecule is COCCNC(=O)c1cccc(C(=O)Nc2ccc(N(C)C)cc2)c1. The number of hydrogen-bond acceptors (Lipinski definition) is 4. The number of ether oxygens (including phenoxy) is 1. The number of amides is 2. The van der Waals surface area contributed by atoms with E-state index in [-0.39, 0.29) is 11.8 Å². The van der Waals surface area contributed by atoms with Gasteiger partial charge in [-0.25, -0.2) is 0 Å². The Kier molecular flexibility index (Phi) is 6.54. The van der Waals surface area contributed by atoms with Crippen LogP contribution in [0.15, 0.2) is 48.5 Å². The molecule has 2 N–H and O–H groups in total. The number of nitrogens with one attached hydrogen (secondary N) is 2. The van der Waals surface area contributed by atoms with Crippen molar-refractivity contribution in [2.45, 2.75) is 0 Å². The number of benzene rings is 2. The predicted molar refractivity (Wildman–Crippen MR) is 99.4 cm³/mol. The van der Waals surface area contributed by atoms with Crippen molar-refractivity contribution in [3.8, 4) is 0 Å². The van der Waals surface area contributed by atoms with E-state index >= 15 is 0 Å². The molecule has 0 spiro atoms. The fourth-order valence-corrected chi connectivity index (χ4v) is 2.22. The molecule has 0 heterocycles. The van der Waals surface area contributed by atoms with E-state index in [0.29, 0.717) is 30.0 Å². The standard InChI is InChI=1S/C19H23N3O3/c1-22(2)17-9-7-16(8-10-17)21-19(24)15-6-4-5-14(13-15)18(23)20-11-12-25-3/h4-10,13H,11-12H2,1-3H3,(H,20,23)(H,21,24). The third kappa shape index (κ3) is 5.32. The maximum absolute atomic E-state index is 12.4. The third-order valence-electron chi connectivity index (χ3n) is 3.62. The Morgan fingerprint density at radius 2 is 1.64 bits per heavy atom. The van der Waals surface area contributed by atoms with Crippen LogP contribution in [-0.2, 0) is 4.74 Å². The Labute approximate surface area is 147 Å². The Balaban J connectivity index is 2.04. The number of anilines is 2. The predicted octanol–water partition coefficient (Wildman–Crippen LogP) is 2.38. The second-order valence-corrected chi connectivity index (χ2v) is 5.72. The molecular weight excluding hydrogens is 318 g/mol. The molecule has 0 bridgehead atoms. The van der Waals surface area contributed by atoms with Crippen LogP contribution in [0, 0.1) is 0 Å². The van der Waals surface area contributed by atoms with Gasteiger partial charge in [-0.2, -0.15) is 0 Å². The van der Waals surface area contributed by atoms with Gasteiger partial charge >= 0.3 is 0 Å². The van der Waals surface area contributed by atoms with Crippen LogP contribution in [0.1, 0.15) is 20.7 Å². The minimum atomic E-state index is -0.260. The van der Waals surface area contributed by atoms with Gasteiger partial charge in [-0.15, -0.1) is 0 Å². The maximum Gasteiger partial charge on any atom is 0.255 e. The van der Waals surface area contributed by atoms with E-state index in [2.05, 4.69) is 10.6 Å². The van der Waals surface area contributed by atoms with Crippen LogP contribution >= 0.6 is 0 Å². The van der Waals surface area contributed by atoms with E-state index < -0.39 is 0 Å². The average molecular weight is 341 g/mol. The highest BCUT2D eigenvalue weighted by Crippen LogP contribution is 2.16. The zero-order valence-corrected chi connectivity index (χ0v) is 14.7. The molecule has 25 heavy (non-hydrogen) atoms. The molecule has 0 atom stereocenters. The first-order valence-corrected chi connectivity index (χ1v) is 7.97. The monoisotopic (exact) mass is 341 g/mol. The second kappa shape index (κ2) is 8.84. The van der Waals surface area contributed by atoms with Crippen molar-refractivity contribution in [3.63, 3.8) is 0 Å². The van der Waals surface area contributed by atoms with Gasteiger partial charge in [0.25, 0.3) is 11.8 Å². The molecule has 0 radical (unpaired) electrons. The highest BCUT2D eigenvalue weighted by Gasteiger charge is 2.10. The zero-order valence-electron chi connectivity index (χ0n) is 14.7. The van der Waals surface area contributed by atoms with Gasteiger partial charge in [0.1, 0.15) is 0 Å². The number of rotatable bonds is 7. The van der Waals surface area contributed by atoms with Gasteiger partial charge in [0.15, 0.2) is 0 Å². The minimum Gasteiger partial charge on any atom is -0.383 e. The van der Waals surface area contributed by atoms with Crippen LogP contribution in [0.3, 0.4) is 0 Å². The first kappa shape index (κ1) is 18.5. The third-order valence-corrected chi connectivity index (χ3v) is 3.62. The van der Waals surface area contributed by atoms with Gasteiger partial charge < -0.3 is 20.3 Å². The molecule has 0 aliphatic carbocycles. The summed E-state index contributed by atoms with van der Waals surface area (Å²) in [6, 6.07) is 14.1. The van der Waals surface area contributed by atoms with Crippen LogP contribution in [0.2, 0.25) is 0 Å². The summed E-state index contributed by atoms with van der Waals surface area (Å²) in [5.74, 6) is -0.494. The Bertz CT molecular complexity index is 727. The molecule has 2 aromatic carbocycles. The molecule has 0 unspecified atom stereocenters. The number of hydrogen-bond donors (Lipinski definition) is 2. The largest absolute Gasteiger partial charge is 0.383 e. The molecule has 6 heteroatoms. The van der Waals surface area contributed by atoms with Crippen LogP contribution in [0.5, 0.6) is 0 Å². The molecule has 0 aromatic heterocycles. The highest BCUT2D eigenvalue weighted by atomic mass is 16.5. The lowest BCUT2D eigenvalue weighted by molar-refractivity contribution is 0.0937. The Morgan fingerprint density at radius 3 is 2.24 bits per heavy atom. The Morgan fingerprint density at radius 1 is 1.00 bits per heavy atom. The average Bonchev–Trinajstić information content (AvgIpc) is 2.62. The highest BCUT2D eigenvalue weighted by molar-refractivity contribution is 6.06. The van der Waals surface area contributed by atoms with Crippen LogP contribution < -0.4 is 15.5 Å². The number of carbonyl (C=O) groups is 2. The van der Waals surface area contributed by atoms with Crippen LogP contribution in [0.4, 0.5) is 11.4 Å². The van der Waals surface area contributed by atoms with E-state index in [4.69, 9.17) is 4.74 Å². The van der Waals surface area contributed by atoms with E-state index in [1.54, 1.807) is 31.4 Å². The van der Waals surface area contributed by atoms with Crippen molar-refractivity contribution in [1.29, 1.82) is 0 Å². The summed E-state index contributed by atoms with van der Waals surface area (Å²) in [6.45, 7) is 0.860. The van der Waals surface area contributed by atoms with Crippen molar-refractivity contribution in [2.24, 2.45) is 0 Å². The lowest BCUT2D eigenvalue weighted by Gasteiger charge is -2.13. The summed E-state index contributed by atoms with van der Waals surface area (Å²) in [6.07, 6.45) is 0. The molecule has 0 aliphatic heterocycles. The van der Waals surface area contributed by atoms with E-state index in [0.717, 1.165) is 5.69 Å². The molecule has 132 valence electrons. The van der Waals surface area contributed by atoms with Crippen molar-refractivity contribution in [2.75, 3.05) is 44.6 Å². The van der Waals surface area contributed by atoms with Gasteiger partial charge in [0.05, 0.1) is 6.61 Å². The molecule has 0 saturated carbocycles. The molecule has 2 aromatic rings. The molecule has 0 aliphatic rings. The summed E-state index contributed by atoms with van der Waals surface area (Å²) in [7, 11) is 5.48. The summed E-state index contributed by atoms with van der Waals surface area (Å²) >= 11 is 0. The number of nitrogens with zero attached hydrogens (tertiary/aromatic N) is 1. The number of methoxy groups -OCH3 is 1. The molecular formula is C19H23N3O3. The zero-order chi connectivity index (χ0) is 18.2. The molecule has 2 amide bonds. The fraction of sp³-hybridized carbons (Fsp3) is 0.263. The quantitative estimate of drug-likeness (QED) is 0.759. The smallest absolute Gasteiger partial charge is 0.255 e. The van der Waals surface area contributed by atoms with Crippen molar-refractivity contribution in [3.05, 3.63) is 59.7 Å².